The SMILES string of the molecule is COCCOCC(=O)N(C)Cc1nc(NCCCN(C)C)c2ccccc2n1. The summed E-state index contributed by atoms with van der Waals surface area (Å²) < 4.78 is 10.2. The standard InChI is InChI=1S/C20H31N5O3/c1-24(2)11-7-10-21-20-16-8-5-6-9-17(16)22-18(23-20)14-25(3)19(26)15-28-13-12-27-4/h5-6,8-9H,7,10-15H2,1-4H3,(H,21,22,23). The van der Waals surface area contributed by atoms with E-state index in [1.165, 1.54) is 0 Å². The molecule has 2 rings (SSSR count). The Morgan fingerprint density at radius 2 is 1.93 bits per heavy atom. The first-order valence-electron chi connectivity index (χ1n) is 9.46. The number of fused-ring (bicyclic) bond motifs is 1. The van der Waals surface area contributed by atoms with Crippen molar-refractivity contribution in [3.63, 3.8) is 0 Å². The van der Waals surface area contributed by atoms with Crippen molar-refractivity contribution in [2.45, 2.75) is 13.0 Å². The second-order valence-corrected chi connectivity index (χ2v) is 6.88. The lowest BCUT2D eigenvalue weighted by atomic mass is 10.2. The lowest BCUT2D eigenvalue weighted by Gasteiger charge is -2.18. The maximum Gasteiger partial charge on any atom is 0.248 e. The number of anilines is 1. The molecule has 1 amide bonds. The van der Waals surface area contributed by atoms with Crippen molar-refractivity contribution in [3.8, 4) is 0 Å². The summed E-state index contributed by atoms with van der Waals surface area (Å²) in [6, 6.07) is 7.89. The van der Waals surface area contributed by atoms with Gasteiger partial charge in [0.1, 0.15) is 12.4 Å². The zero-order valence-corrected chi connectivity index (χ0v) is 17.3. The van der Waals surface area contributed by atoms with E-state index in [0.29, 0.717) is 25.6 Å². The van der Waals surface area contributed by atoms with Gasteiger partial charge in [-0.3, -0.25) is 4.79 Å². The number of likely N-dealkylation sites (N-methyl/N-ethyl adjacent to an activating group) is 1. The molecule has 1 aromatic carbocycles. The minimum atomic E-state index is -0.117. The molecule has 0 aliphatic heterocycles. The number of para-hydroxylation sites is 1. The van der Waals surface area contributed by atoms with Crippen LogP contribution in [-0.2, 0) is 20.8 Å². The largest absolute Gasteiger partial charge is 0.382 e. The third kappa shape index (κ3) is 7.03. The topological polar surface area (TPSA) is 79.8 Å². The Morgan fingerprint density at radius 1 is 1.14 bits per heavy atom. The molecular weight excluding hydrogens is 358 g/mol. The Balaban J connectivity index is 2.04. The number of ether oxygens (including phenoxy) is 2. The Bertz CT molecular complexity index is 754. The van der Waals surface area contributed by atoms with E-state index in [9.17, 15) is 4.79 Å². The third-order valence-electron chi connectivity index (χ3n) is 4.19. The maximum absolute atomic E-state index is 12.2. The summed E-state index contributed by atoms with van der Waals surface area (Å²) in [4.78, 5) is 25.2. The average molecular weight is 390 g/mol. The fourth-order valence-electron chi connectivity index (χ4n) is 2.64. The van der Waals surface area contributed by atoms with Gasteiger partial charge in [-0.05, 0) is 39.2 Å². The third-order valence-corrected chi connectivity index (χ3v) is 4.19. The van der Waals surface area contributed by atoms with Crippen molar-refractivity contribution < 1.29 is 14.3 Å². The van der Waals surface area contributed by atoms with Crippen LogP contribution in [0.15, 0.2) is 24.3 Å². The molecule has 8 nitrogen and oxygen atoms in total. The molecule has 0 fully saturated rings. The van der Waals surface area contributed by atoms with Gasteiger partial charge in [-0.1, -0.05) is 12.1 Å². The number of nitrogens with one attached hydrogen (secondary N) is 1. The zero-order valence-electron chi connectivity index (χ0n) is 17.3. The second-order valence-electron chi connectivity index (χ2n) is 6.88. The fourth-order valence-corrected chi connectivity index (χ4v) is 2.64. The Labute approximate surface area is 166 Å². The van der Waals surface area contributed by atoms with Crippen LogP contribution in [0.5, 0.6) is 0 Å². The number of aromatic nitrogens is 2. The molecule has 0 atom stereocenters. The van der Waals surface area contributed by atoms with Crippen molar-refractivity contribution in [2.24, 2.45) is 0 Å². The van der Waals surface area contributed by atoms with Gasteiger partial charge in [0.15, 0.2) is 5.82 Å². The molecule has 0 unspecified atom stereocenters. The number of rotatable bonds is 12. The monoisotopic (exact) mass is 389 g/mol. The van der Waals surface area contributed by atoms with Gasteiger partial charge < -0.3 is 24.6 Å². The molecule has 0 radical (unpaired) electrons. The Hall–Kier alpha value is -2.29. The fraction of sp³-hybridized carbons (Fsp3) is 0.550. The van der Waals surface area contributed by atoms with Crippen LogP contribution >= 0.6 is 0 Å². The van der Waals surface area contributed by atoms with Crippen molar-refractivity contribution in [3.05, 3.63) is 30.1 Å². The van der Waals surface area contributed by atoms with Gasteiger partial charge in [0, 0.05) is 26.1 Å². The summed E-state index contributed by atoms with van der Waals surface area (Å²) >= 11 is 0. The van der Waals surface area contributed by atoms with Crippen molar-refractivity contribution in [2.75, 3.05) is 66.5 Å². The van der Waals surface area contributed by atoms with E-state index in [1.54, 1.807) is 19.1 Å². The van der Waals surface area contributed by atoms with Gasteiger partial charge in [-0.2, -0.15) is 0 Å². The number of nitrogens with zero attached hydrogens (tertiary/aromatic N) is 4. The van der Waals surface area contributed by atoms with Gasteiger partial charge in [-0.15, -0.1) is 0 Å². The van der Waals surface area contributed by atoms with Gasteiger partial charge >= 0.3 is 0 Å². The lowest BCUT2D eigenvalue weighted by Crippen LogP contribution is -2.31. The summed E-state index contributed by atoms with van der Waals surface area (Å²) in [5, 5.41) is 4.39. The molecule has 2 aromatic rings. The Morgan fingerprint density at radius 3 is 2.68 bits per heavy atom. The number of carbonyl (C=O) groups is 1. The normalized spacial score (nSPS) is 11.2. The number of carbonyl (C=O) groups excluding carboxylic acids is 1. The van der Waals surface area contributed by atoms with Gasteiger partial charge in [0.2, 0.25) is 5.91 Å². The zero-order chi connectivity index (χ0) is 20.4. The molecule has 8 heteroatoms. The molecule has 1 N–H and O–H groups in total. The predicted molar refractivity (Wildman–Crippen MR) is 110 cm³/mol. The first kappa shape index (κ1) is 22.0. The van der Waals surface area contributed by atoms with Crippen LogP contribution in [0.3, 0.4) is 0 Å². The molecule has 0 aliphatic rings. The van der Waals surface area contributed by atoms with E-state index in [1.807, 2.05) is 24.3 Å². The first-order chi connectivity index (χ1) is 13.5. The molecule has 154 valence electrons. The van der Waals surface area contributed by atoms with E-state index >= 15 is 0 Å². The summed E-state index contributed by atoms with van der Waals surface area (Å²) in [7, 11) is 7.44. The molecular formula is C20H31N5O3. The summed E-state index contributed by atoms with van der Waals surface area (Å²) in [6.07, 6.45) is 1.01. The number of methoxy groups -OCH3 is 1. The minimum absolute atomic E-state index is 0.0169. The van der Waals surface area contributed by atoms with Crippen LogP contribution in [-0.4, -0.2) is 86.8 Å². The van der Waals surface area contributed by atoms with Crippen LogP contribution < -0.4 is 5.32 Å². The second kappa shape index (κ2) is 11.5. The molecule has 1 heterocycles. The van der Waals surface area contributed by atoms with Crippen molar-refractivity contribution >= 4 is 22.6 Å². The molecule has 0 bridgehead atoms. The highest BCUT2D eigenvalue weighted by Gasteiger charge is 2.13. The van der Waals surface area contributed by atoms with Crippen LogP contribution in [0.25, 0.3) is 10.9 Å². The summed E-state index contributed by atoms with van der Waals surface area (Å²) in [6.45, 7) is 3.02. The van der Waals surface area contributed by atoms with Gasteiger partial charge in [-0.25, -0.2) is 9.97 Å². The van der Waals surface area contributed by atoms with E-state index in [-0.39, 0.29) is 12.5 Å². The predicted octanol–water partition coefficient (Wildman–Crippen LogP) is 1.61. The smallest absolute Gasteiger partial charge is 0.248 e. The molecule has 0 saturated heterocycles. The van der Waals surface area contributed by atoms with Crippen molar-refractivity contribution in [1.29, 1.82) is 0 Å². The minimum Gasteiger partial charge on any atom is -0.382 e. The van der Waals surface area contributed by atoms with Crippen LogP contribution in [0.2, 0.25) is 0 Å². The Kier molecular flexibility index (Phi) is 9.06. The average Bonchev–Trinajstić information content (AvgIpc) is 2.68. The van der Waals surface area contributed by atoms with E-state index in [0.717, 1.165) is 36.2 Å². The van der Waals surface area contributed by atoms with E-state index < -0.39 is 0 Å². The summed E-state index contributed by atoms with van der Waals surface area (Å²) in [5.41, 5.74) is 0.861. The highest BCUT2D eigenvalue weighted by atomic mass is 16.5. The van der Waals surface area contributed by atoms with E-state index in [4.69, 9.17) is 9.47 Å². The molecule has 28 heavy (non-hydrogen) atoms. The molecule has 0 saturated carbocycles. The van der Waals surface area contributed by atoms with Crippen LogP contribution in [0.1, 0.15) is 12.2 Å². The van der Waals surface area contributed by atoms with Crippen LogP contribution in [0, 0.1) is 0 Å². The molecule has 0 spiro atoms. The lowest BCUT2D eigenvalue weighted by molar-refractivity contribution is -0.135. The van der Waals surface area contributed by atoms with Crippen molar-refractivity contribution in [1.82, 2.24) is 19.8 Å². The highest BCUT2D eigenvalue weighted by molar-refractivity contribution is 5.89. The first-order valence-corrected chi connectivity index (χ1v) is 9.46. The highest BCUT2D eigenvalue weighted by Crippen LogP contribution is 2.20. The molecule has 0 aliphatic carbocycles. The van der Waals surface area contributed by atoms with Crippen LogP contribution in [0.4, 0.5) is 5.82 Å². The van der Waals surface area contributed by atoms with Gasteiger partial charge in [0.05, 0.1) is 25.3 Å². The number of hydrogen-bond donors (Lipinski definition) is 1. The number of benzene rings is 1. The quantitative estimate of drug-likeness (QED) is 0.553. The maximum atomic E-state index is 12.2. The number of amides is 1. The van der Waals surface area contributed by atoms with Gasteiger partial charge in [0.25, 0.3) is 0 Å². The van der Waals surface area contributed by atoms with E-state index in [2.05, 4.69) is 34.3 Å². The summed E-state index contributed by atoms with van der Waals surface area (Å²) in [5.74, 6) is 1.28. The number of hydrogen-bond acceptors (Lipinski definition) is 7. The molecule has 1 aromatic heterocycles.